The van der Waals surface area contributed by atoms with Crippen LogP contribution in [0, 0.1) is 0 Å². The van der Waals surface area contributed by atoms with E-state index >= 15 is 0 Å². The predicted molar refractivity (Wildman–Crippen MR) is 84.6 cm³/mol. The van der Waals surface area contributed by atoms with Gasteiger partial charge in [-0.25, -0.2) is 0 Å². The fraction of sp³-hybridized carbons (Fsp3) is 0.600. The van der Waals surface area contributed by atoms with Gasteiger partial charge in [0.25, 0.3) is 0 Å². The molecule has 1 saturated carbocycles. The van der Waals surface area contributed by atoms with Crippen molar-refractivity contribution in [2.45, 2.75) is 25.4 Å². The lowest BCUT2D eigenvalue weighted by atomic mass is 10.2. The number of nitrogens with one attached hydrogen (secondary N) is 1. The van der Waals surface area contributed by atoms with Crippen molar-refractivity contribution in [3.63, 3.8) is 0 Å². The molecule has 1 N–H and O–H groups in total. The van der Waals surface area contributed by atoms with Crippen LogP contribution in [0.25, 0.3) is 0 Å². The van der Waals surface area contributed by atoms with Crippen molar-refractivity contribution in [2.75, 3.05) is 34.4 Å². The molecular formula is C15H23BrN2O2. The molecule has 0 atom stereocenters. The minimum Gasteiger partial charge on any atom is -0.493 e. The maximum atomic E-state index is 5.35. The Morgan fingerprint density at radius 1 is 1.30 bits per heavy atom. The highest BCUT2D eigenvalue weighted by atomic mass is 79.9. The number of hydrogen-bond acceptors (Lipinski definition) is 4. The molecule has 1 aromatic carbocycles. The van der Waals surface area contributed by atoms with Gasteiger partial charge in [-0.3, -0.25) is 0 Å². The van der Waals surface area contributed by atoms with Crippen molar-refractivity contribution in [3.8, 4) is 11.5 Å². The number of nitrogens with zero attached hydrogens (tertiary/aromatic N) is 1. The van der Waals surface area contributed by atoms with Gasteiger partial charge in [-0.05, 0) is 53.5 Å². The molecular weight excluding hydrogens is 320 g/mol. The quantitative estimate of drug-likeness (QED) is 0.736. The number of likely N-dealkylation sites (N-methyl/N-ethyl adjacent to an activating group) is 1. The molecule has 5 heteroatoms. The Morgan fingerprint density at radius 3 is 2.65 bits per heavy atom. The number of ether oxygens (including phenoxy) is 2. The lowest BCUT2D eigenvalue weighted by Gasteiger charge is -2.16. The topological polar surface area (TPSA) is 33.7 Å². The Bertz CT molecular complexity index is 450. The van der Waals surface area contributed by atoms with Crippen LogP contribution in [0.5, 0.6) is 11.5 Å². The Kier molecular flexibility index (Phi) is 5.69. The van der Waals surface area contributed by atoms with Gasteiger partial charge < -0.3 is 19.7 Å². The highest BCUT2D eigenvalue weighted by Crippen LogP contribution is 2.36. The van der Waals surface area contributed by atoms with Gasteiger partial charge in [-0.1, -0.05) is 0 Å². The molecule has 0 amide bonds. The molecule has 1 fully saturated rings. The Labute approximate surface area is 129 Å². The van der Waals surface area contributed by atoms with E-state index in [0.717, 1.165) is 41.6 Å². The van der Waals surface area contributed by atoms with Crippen molar-refractivity contribution in [2.24, 2.45) is 0 Å². The second-order valence-electron chi connectivity index (χ2n) is 5.20. The lowest BCUT2D eigenvalue weighted by molar-refractivity contribution is 0.321. The van der Waals surface area contributed by atoms with Gasteiger partial charge in [-0.2, -0.15) is 0 Å². The van der Waals surface area contributed by atoms with E-state index in [0.29, 0.717) is 0 Å². The van der Waals surface area contributed by atoms with E-state index in [1.807, 2.05) is 6.07 Å². The summed E-state index contributed by atoms with van der Waals surface area (Å²) in [5.41, 5.74) is 1.18. The van der Waals surface area contributed by atoms with E-state index in [-0.39, 0.29) is 0 Å². The summed E-state index contributed by atoms with van der Waals surface area (Å²) in [6, 6.07) is 4.91. The summed E-state index contributed by atoms with van der Waals surface area (Å²) in [6.45, 7) is 2.93. The van der Waals surface area contributed by atoms with Crippen LogP contribution < -0.4 is 14.8 Å². The molecule has 1 aliphatic rings. The van der Waals surface area contributed by atoms with Crippen LogP contribution in [0.4, 0.5) is 0 Å². The van der Waals surface area contributed by atoms with E-state index in [1.54, 1.807) is 14.2 Å². The zero-order chi connectivity index (χ0) is 14.5. The second kappa shape index (κ2) is 7.29. The van der Waals surface area contributed by atoms with E-state index in [1.165, 1.54) is 18.4 Å². The number of benzene rings is 1. The summed E-state index contributed by atoms with van der Waals surface area (Å²) in [7, 11) is 5.51. The molecule has 1 aromatic rings. The second-order valence-corrected chi connectivity index (χ2v) is 6.06. The van der Waals surface area contributed by atoms with Gasteiger partial charge in [-0.15, -0.1) is 0 Å². The minimum absolute atomic E-state index is 0.740. The molecule has 0 saturated heterocycles. The highest BCUT2D eigenvalue weighted by molar-refractivity contribution is 9.10. The van der Waals surface area contributed by atoms with Gasteiger partial charge >= 0.3 is 0 Å². The molecule has 0 aliphatic heterocycles. The van der Waals surface area contributed by atoms with Crippen LogP contribution in [0.3, 0.4) is 0 Å². The normalized spacial score (nSPS) is 14.7. The lowest BCUT2D eigenvalue weighted by Crippen LogP contribution is -2.30. The zero-order valence-electron chi connectivity index (χ0n) is 12.4. The van der Waals surface area contributed by atoms with E-state index in [2.05, 4.69) is 39.3 Å². The Balaban J connectivity index is 1.84. The number of methoxy groups -OCH3 is 2. The first kappa shape index (κ1) is 15.6. The van der Waals surface area contributed by atoms with Crippen molar-refractivity contribution in [1.29, 1.82) is 0 Å². The molecule has 1 aliphatic carbocycles. The van der Waals surface area contributed by atoms with E-state index < -0.39 is 0 Å². The summed E-state index contributed by atoms with van der Waals surface area (Å²) in [6.07, 6.45) is 2.72. The Morgan fingerprint density at radius 2 is 2.05 bits per heavy atom. The van der Waals surface area contributed by atoms with Gasteiger partial charge in [0, 0.05) is 25.7 Å². The van der Waals surface area contributed by atoms with Gasteiger partial charge in [0.1, 0.15) is 0 Å². The van der Waals surface area contributed by atoms with Crippen LogP contribution >= 0.6 is 15.9 Å². The van der Waals surface area contributed by atoms with Crippen molar-refractivity contribution in [1.82, 2.24) is 10.2 Å². The van der Waals surface area contributed by atoms with Gasteiger partial charge in [0.2, 0.25) is 0 Å². The average molecular weight is 343 g/mol. The molecule has 0 aromatic heterocycles. The smallest absolute Gasteiger partial charge is 0.174 e. The highest BCUT2D eigenvalue weighted by Gasteiger charge is 2.25. The monoisotopic (exact) mass is 342 g/mol. The van der Waals surface area contributed by atoms with Crippen LogP contribution in [0.1, 0.15) is 18.4 Å². The maximum Gasteiger partial charge on any atom is 0.174 e. The standard InChI is InChI=1S/C15H23BrN2O2/c1-18(12-4-5-12)7-6-17-10-11-8-13(16)15(20-3)14(9-11)19-2/h8-9,12,17H,4-7,10H2,1-3H3. The molecule has 112 valence electrons. The molecule has 0 spiro atoms. The Hall–Kier alpha value is -0.780. The minimum atomic E-state index is 0.740. The summed E-state index contributed by atoms with van der Waals surface area (Å²) < 4.78 is 11.6. The number of halogens is 1. The van der Waals surface area contributed by atoms with Crippen LogP contribution in [-0.2, 0) is 6.54 Å². The molecule has 0 bridgehead atoms. The zero-order valence-corrected chi connectivity index (χ0v) is 14.0. The fourth-order valence-corrected chi connectivity index (χ4v) is 2.91. The van der Waals surface area contributed by atoms with E-state index in [4.69, 9.17) is 9.47 Å². The largest absolute Gasteiger partial charge is 0.493 e. The predicted octanol–water partition coefficient (Wildman–Crippen LogP) is 2.65. The molecule has 20 heavy (non-hydrogen) atoms. The summed E-state index contributed by atoms with van der Waals surface area (Å²) in [5.74, 6) is 1.50. The van der Waals surface area contributed by atoms with E-state index in [9.17, 15) is 0 Å². The third-order valence-corrected chi connectivity index (χ3v) is 4.22. The average Bonchev–Trinajstić information content (AvgIpc) is 3.27. The third-order valence-electron chi connectivity index (χ3n) is 3.63. The first-order valence-corrected chi connectivity index (χ1v) is 7.76. The van der Waals surface area contributed by atoms with Crippen LogP contribution in [0.15, 0.2) is 16.6 Å². The van der Waals surface area contributed by atoms with Gasteiger partial charge in [0.15, 0.2) is 11.5 Å². The third kappa shape index (κ3) is 4.11. The SMILES string of the molecule is COc1cc(CNCCN(C)C2CC2)cc(Br)c1OC. The first-order valence-electron chi connectivity index (χ1n) is 6.97. The maximum absolute atomic E-state index is 5.35. The molecule has 4 nitrogen and oxygen atoms in total. The molecule has 0 radical (unpaired) electrons. The number of hydrogen-bond donors (Lipinski definition) is 1. The number of rotatable bonds is 8. The van der Waals surface area contributed by atoms with Crippen molar-refractivity contribution >= 4 is 15.9 Å². The summed E-state index contributed by atoms with van der Waals surface area (Å²) in [4.78, 5) is 2.43. The van der Waals surface area contributed by atoms with Crippen molar-refractivity contribution in [3.05, 3.63) is 22.2 Å². The van der Waals surface area contributed by atoms with Crippen LogP contribution in [-0.4, -0.2) is 45.3 Å². The summed E-state index contributed by atoms with van der Waals surface area (Å²) in [5, 5.41) is 3.47. The molecule has 0 unspecified atom stereocenters. The van der Waals surface area contributed by atoms with Crippen molar-refractivity contribution < 1.29 is 9.47 Å². The van der Waals surface area contributed by atoms with Crippen LogP contribution in [0.2, 0.25) is 0 Å². The fourth-order valence-electron chi connectivity index (χ4n) is 2.26. The molecule has 2 rings (SSSR count). The molecule has 0 heterocycles. The van der Waals surface area contributed by atoms with Gasteiger partial charge in [0.05, 0.1) is 18.7 Å². The summed E-state index contributed by atoms with van der Waals surface area (Å²) >= 11 is 3.52. The first-order chi connectivity index (χ1) is 9.65.